The Morgan fingerprint density at radius 3 is 2.45 bits per heavy atom. The first-order valence-electron chi connectivity index (χ1n) is 13.5. The standard InChI is InChI=1S/C31H34N6O2S/c1-22(32)39-30(33)24-10-6-11-27(20-24)36-18-17-29(34-36)37(31(38)28-12-7-19-40-28)26-15-13-25(14-16-26)35(2)21-23-8-4-3-5-9-23/h3-12,17-20,25-26,32-33H,13-16,21H2,1-2H3. The van der Waals surface area contributed by atoms with Crippen molar-refractivity contribution in [2.75, 3.05) is 11.9 Å². The van der Waals surface area contributed by atoms with Gasteiger partial charge < -0.3 is 4.74 Å². The smallest absolute Gasteiger partial charge is 0.269 e. The summed E-state index contributed by atoms with van der Waals surface area (Å²) in [5.41, 5.74) is 2.60. The minimum absolute atomic E-state index is 0.0215. The fourth-order valence-electron chi connectivity index (χ4n) is 5.32. The molecule has 40 heavy (non-hydrogen) atoms. The summed E-state index contributed by atoms with van der Waals surface area (Å²) in [4.78, 5) is 18.8. The fraction of sp³-hybridized carbons (Fsp3) is 0.290. The third-order valence-corrected chi connectivity index (χ3v) is 8.19. The van der Waals surface area contributed by atoms with Crippen molar-refractivity contribution in [1.29, 1.82) is 10.8 Å². The fourth-order valence-corrected chi connectivity index (χ4v) is 5.98. The molecule has 1 aliphatic rings. The van der Waals surface area contributed by atoms with Crippen LogP contribution < -0.4 is 4.90 Å². The van der Waals surface area contributed by atoms with E-state index in [2.05, 4.69) is 36.2 Å². The van der Waals surface area contributed by atoms with Crippen LogP contribution in [-0.4, -0.2) is 51.5 Å². The van der Waals surface area contributed by atoms with Crippen molar-refractivity contribution in [2.24, 2.45) is 0 Å². The van der Waals surface area contributed by atoms with Crippen LogP contribution >= 0.6 is 11.3 Å². The number of carbonyl (C=O) groups is 1. The highest BCUT2D eigenvalue weighted by molar-refractivity contribution is 7.12. The summed E-state index contributed by atoms with van der Waals surface area (Å²) in [6.07, 6.45) is 5.68. The number of nitrogens with one attached hydrogen (secondary N) is 2. The second kappa shape index (κ2) is 12.4. The van der Waals surface area contributed by atoms with Crippen molar-refractivity contribution in [1.82, 2.24) is 14.7 Å². The molecule has 5 rings (SSSR count). The number of amides is 1. The lowest BCUT2D eigenvalue weighted by atomic mass is 9.89. The molecule has 1 aliphatic carbocycles. The van der Waals surface area contributed by atoms with Gasteiger partial charge in [0.1, 0.15) is 0 Å². The summed E-state index contributed by atoms with van der Waals surface area (Å²) >= 11 is 1.45. The highest BCUT2D eigenvalue weighted by Crippen LogP contribution is 2.31. The Morgan fingerprint density at radius 1 is 1.00 bits per heavy atom. The Kier molecular flexibility index (Phi) is 8.52. The first-order valence-corrected chi connectivity index (χ1v) is 14.4. The van der Waals surface area contributed by atoms with Crippen molar-refractivity contribution in [3.8, 4) is 5.69 Å². The molecule has 1 amide bonds. The number of benzene rings is 2. The molecular weight excluding hydrogens is 520 g/mol. The van der Waals surface area contributed by atoms with Gasteiger partial charge >= 0.3 is 0 Å². The van der Waals surface area contributed by atoms with Crippen LogP contribution in [0.25, 0.3) is 5.69 Å². The van der Waals surface area contributed by atoms with E-state index in [-0.39, 0.29) is 23.7 Å². The third-order valence-electron chi connectivity index (χ3n) is 7.33. The van der Waals surface area contributed by atoms with E-state index in [0.29, 0.717) is 22.3 Å². The molecule has 8 nitrogen and oxygen atoms in total. The normalized spacial score (nSPS) is 17.0. The maximum Gasteiger partial charge on any atom is 0.269 e. The van der Waals surface area contributed by atoms with Crippen molar-refractivity contribution >= 4 is 34.9 Å². The highest BCUT2D eigenvalue weighted by atomic mass is 32.1. The van der Waals surface area contributed by atoms with Crippen LogP contribution in [0.4, 0.5) is 5.82 Å². The second-order valence-corrected chi connectivity index (χ2v) is 11.1. The number of hydrogen-bond acceptors (Lipinski definition) is 7. The van der Waals surface area contributed by atoms with Crippen LogP contribution in [-0.2, 0) is 11.3 Å². The zero-order valence-electron chi connectivity index (χ0n) is 22.8. The average Bonchev–Trinajstić information content (AvgIpc) is 3.67. The van der Waals surface area contributed by atoms with Crippen LogP contribution in [0.2, 0.25) is 0 Å². The van der Waals surface area contributed by atoms with Gasteiger partial charge in [0.15, 0.2) is 11.7 Å². The summed E-state index contributed by atoms with van der Waals surface area (Å²) in [5, 5.41) is 22.4. The molecule has 206 valence electrons. The third kappa shape index (κ3) is 6.38. The van der Waals surface area contributed by atoms with E-state index in [4.69, 9.17) is 20.7 Å². The van der Waals surface area contributed by atoms with Crippen LogP contribution in [0.1, 0.15) is 53.4 Å². The highest BCUT2D eigenvalue weighted by Gasteiger charge is 2.33. The molecule has 0 saturated heterocycles. The van der Waals surface area contributed by atoms with Gasteiger partial charge in [-0.25, -0.2) is 4.68 Å². The van der Waals surface area contributed by atoms with Gasteiger partial charge in [0.05, 0.1) is 10.6 Å². The molecule has 0 spiro atoms. The Bertz CT molecular complexity index is 1460. The molecule has 1 saturated carbocycles. The van der Waals surface area contributed by atoms with Gasteiger partial charge in [-0.2, -0.15) is 0 Å². The van der Waals surface area contributed by atoms with Crippen LogP contribution in [0.5, 0.6) is 0 Å². The lowest BCUT2D eigenvalue weighted by Crippen LogP contribution is -2.45. The molecule has 2 aromatic carbocycles. The summed E-state index contributed by atoms with van der Waals surface area (Å²) < 4.78 is 6.88. The largest absolute Gasteiger partial charge is 0.426 e. The molecule has 2 aromatic heterocycles. The predicted octanol–water partition coefficient (Wildman–Crippen LogP) is 6.36. The number of aromatic nitrogens is 2. The van der Waals surface area contributed by atoms with E-state index in [0.717, 1.165) is 37.9 Å². The number of thiophene rings is 1. The van der Waals surface area contributed by atoms with Gasteiger partial charge in [0, 0.05) is 43.4 Å². The molecule has 1 fully saturated rings. The number of nitrogens with zero attached hydrogens (tertiary/aromatic N) is 4. The van der Waals surface area contributed by atoms with E-state index in [1.807, 2.05) is 52.9 Å². The van der Waals surface area contributed by atoms with E-state index in [1.54, 1.807) is 16.8 Å². The molecule has 0 bridgehead atoms. The predicted molar refractivity (Wildman–Crippen MR) is 160 cm³/mol. The van der Waals surface area contributed by atoms with Gasteiger partial charge in [-0.05, 0) is 67.9 Å². The summed E-state index contributed by atoms with van der Waals surface area (Å²) in [5.74, 6) is 0.462. The molecule has 0 radical (unpaired) electrons. The van der Waals surface area contributed by atoms with Crippen LogP contribution in [0.15, 0.2) is 84.4 Å². The minimum Gasteiger partial charge on any atom is -0.426 e. The van der Waals surface area contributed by atoms with Gasteiger partial charge in [0.2, 0.25) is 5.90 Å². The molecular formula is C31H34N6O2S. The topological polar surface area (TPSA) is 98.3 Å². The SMILES string of the molecule is CC(=N)OC(=N)c1cccc(-n2ccc(N(C(=O)c3cccs3)C3CCC(N(C)Cc4ccccc4)CC3)n2)c1. The van der Waals surface area contributed by atoms with Crippen molar-refractivity contribution in [3.05, 3.63) is 100 Å². The monoisotopic (exact) mass is 554 g/mol. The first kappa shape index (κ1) is 27.5. The number of carbonyl (C=O) groups excluding carboxylic acids is 1. The number of rotatable bonds is 8. The molecule has 2 heterocycles. The Morgan fingerprint density at radius 2 is 1.75 bits per heavy atom. The maximum absolute atomic E-state index is 13.8. The molecule has 0 aliphatic heterocycles. The van der Waals surface area contributed by atoms with Crippen molar-refractivity contribution in [3.63, 3.8) is 0 Å². The van der Waals surface area contributed by atoms with E-state index in [1.165, 1.54) is 23.8 Å². The molecule has 2 N–H and O–H groups in total. The molecule has 0 atom stereocenters. The molecule has 0 unspecified atom stereocenters. The van der Waals surface area contributed by atoms with Gasteiger partial charge in [0.25, 0.3) is 5.91 Å². The number of hydrogen-bond donors (Lipinski definition) is 2. The van der Waals surface area contributed by atoms with Crippen LogP contribution in [0, 0.1) is 10.8 Å². The average molecular weight is 555 g/mol. The van der Waals surface area contributed by atoms with Gasteiger partial charge in [-0.1, -0.05) is 42.5 Å². The summed E-state index contributed by atoms with van der Waals surface area (Å²) in [6.45, 7) is 2.41. The Balaban J connectivity index is 1.34. The maximum atomic E-state index is 13.8. The van der Waals surface area contributed by atoms with Gasteiger partial charge in [-0.15, -0.1) is 16.4 Å². The minimum atomic E-state index is -0.0924. The van der Waals surface area contributed by atoms with Crippen molar-refractivity contribution in [2.45, 2.75) is 51.2 Å². The van der Waals surface area contributed by atoms with E-state index < -0.39 is 0 Å². The molecule has 4 aromatic rings. The van der Waals surface area contributed by atoms with Crippen molar-refractivity contribution < 1.29 is 9.53 Å². The second-order valence-electron chi connectivity index (χ2n) is 10.2. The van der Waals surface area contributed by atoms with E-state index in [9.17, 15) is 4.79 Å². The quantitative estimate of drug-likeness (QED) is 0.196. The van der Waals surface area contributed by atoms with Crippen LogP contribution in [0.3, 0.4) is 0 Å². The Labute approximate surface area is 238 Å². The Hall–Kier alpha value is -4.08. The van der Waals surface area contributed by atoms with Gasteiger partial charge in [-0.3, -0.25) is 25.4 Å². The number of ether oxygens (including phenoxy) is 1. The summed E-state index contributed by atoms with van der Waals surface area (Å²) in [7, 11) is 2.19. The lowest BCUT2D eigenvalue weighted by molar-refractivity contribution is 0.0961. The zero-order chi connectivity index (χ0) is 28.1. The first-order chi connectivity index (χ1) is 19.4. The number of anilines is 1. The van der Waals surface area contributed by atoms with E-state index >= 15 is 0 Å². The summed E-state index contributed by atoms with van der Waals surface area (Å²) in [6, 6.07) is 24.0. The molecule has 9 heteroatoms. The zero-order valence-corrected chi connectivity index (χ0v) is 23.6. The lowest BCUT2D eigenvalue weighted by Gasteiger charge is -2.38.